The van der Waals surface area contributed by atoms with Gasteiger partial charge in [0.05, 0.1) is 19.2 Å². The lowest BCUT2D eigenvalue weighted by molar-refractivity contribution is 0.106. The number of aromatic nitrogens is 1. The lowest BCUT2D eigenvalue weighted by atomic mass is 10.1. The number of Topliss-reactive ketones (excluding diaryl/α,β-unsaturated/α-hetero) is 1. The number of carbonyl (C=O) groups excluding carboxylic acids is 1. The van der Waals surface area contributed by atoms with Crippen LogP contribution in [0.5, 0.6) is 0 Å². The zero-order valence-electron chi connectivity index (χ0n) is 15.1. The summed E-state index contributed by atoms with van der Waals surface area (Å²) in [6.45, 7) is 0. The van der Waals surface area contributed by atoms with Gasteiger partial charge in [-0.25, -0.2) is 0 Å². The van der Waals surface area contributed by atoms with E-state index in [1.54, 1.807) is 60.7 Å². The van der Waals surface area contributed by atoms with Gasteiger partial charge in [0.1, 0.15) is 11.5 Å². The van der Waals surface area contributed by atoms with E-state index in [1.807, 2.05) is 0 Å². The first-order chi connectivity index (χ1) is 14.4. The molecule has 0 bridgehead atoms. The highest BCUT2D eigenvalue weighted by Gasteiger charge is 2.07. The second-order valence-corrected chi connectivity index (χ2v) is 8.61. The van der Waals surface area contributed by atoms with E-state index in [-0.39, 0.29) is 11.3 Å². The van der Waals surface area contributed by atoms with Gasteiger partial charge in [0.15, 0.2) is 5.78 Å². The van der Waals surface area contributed by atoms with Gasteiger partial charge in [-0.15, -0.1) is 11.3 Å². The Kier molecular flexibility index (Phi) is 5.97. The summed E-state index contributed by atoms with van der Waals surface area (Å²) in [6.07, 6.45) is 3.00. The molecular formula is C22H12Cl3NO3S. The summed E-state index contributed by atoms with van der Waals surface area (Å²) < 4.78 is 6.66. The molecule has 2 heterocycles. The molecule has 0 atom stereocenters. The van der Waals surface area contributed by atoms with Crippen LogP contribution in [0, 0.1) is 0 Å². The maximum absolute atomic E-state index is 12.4. The highest BCUT2D eigenvalue weighted by Crippen LogP contribution is 2.29. The van der Waals surface area contributed by atoms with Gasteiger partial charge in [0, 0.05) is 28.3 Å². The van der Waals surface area contributed by atoms with Crippen molar-refractivity contribution in [2.24, 2.45) is 0 Å². The summed E-state index contributed by atoms with van der Waals surface area (Å²) >= 11 is 19.0. The van der Waals surface area contributed by atoms with Gasteiger partial charge in [-0.1, -0.05) is 34.8 Å². The van der Waals surface area contributed by atoms with E-state index in [1.165, 1.54) is 17.4 Å². The Hall–Kier alpha value is -2.57. The first-order valence-corrected chi connectivity index (χ1v) is 10.6. The van der Waals surface area contributed by atoms with Crippen LogP contribution < -0.4 is 14.8 Å². The van der Waals surface area contributed by atoms with E-state index in [0.29, 0.717) is 41.3 Å². The summed E-state index contributed by atoms with van der Waals surface area (Å²) in [6, 6.07) is 15.3. The summed E-state index contributed by atoms with van der Waals surface area (Å²) in [5.41, 5.74) is 0.950. The molecule has 2 aromatic carbocycles. The molecule has 150 valence electrons. The molecule has 0 aliphatic rings. The normalized spacial score (nSPS) is 12.5. The number of halogens is 3. The molecule has 4 aromatic rings. The summed E-state index contributed by atoms with van der Waals surface area (Å²) in [4.78, 5) is 27.3. The van der Waals surface area contributed by atoms with Crippen molar-refractivity contribution in [2.45, 2.75) is 0 Å². The molecule has 1 N–H and O–H groups in total. The minimum Gasteiger partial charge on any atom is -0.457 e. The molecule has 0 fully saturated rings. The molecule has 0 aliphatic carbocycles. The van der Waals surface area contributed by atoms with Crippen molar-refractivity contribution in [1.82, 2.24) is 4.98 Å². The summed E-state index contributed by atoms with van der Waals surface area (Å²) in [5, 5.41) is 1.43. The average molecular weight is 477 g/mol. The van der Waals surface area contributed by atoms with E-state index >= 15 is 0 Å². The Balaban J connectivity index is 1.64. The quantitative estimate of drug-likeness (QED) is 0.414. The number of nitrogens with one attached hydrogen (secondary N) is 1. The van der Waals surface area contributed by atoms with E-state index < -0.39 is 0 Å². The van der Waals surface area contributed by atoms with Crippen LogP contribution in [0.25, 0.3) is 23.5 Å². The third-order valence-electron chi connectivity index (χ3n) is 4.18. The van der Waals surface area contributed by atoms with Crippen molar-refractivity contribution < 1.29 is 9.21 Å². The van der Waals surface area contributed by atoms with Crippen LogP contribution in [0.1, 0.15) is 16.1 Å². The standard InChI is InChI=1S/C22H12Cl3NO3S/c23-14-4-1-12(2-5-14)18(27)11-21-26-22(28)20(30-21)10-15-6-8-19(29-15)13-3-7-16(24)17(25)9-13/h1-11H,(H,26,28)/b20-10+,21-11+. The summed E-state index contributed by atoms with van der Waals surface area (Å²) in [7, 11) is 0. The number of hydrogen-bond acceptors (Lipinski definition) is 4. The fraction of sp³-hybridized carbons (Fsp3) is 0. The number of hydrogen-bond donors (Lipinski definition) is 1. The molecule has 0 amide bonds. The third-order valence-corrected chi connectivity index (χ3v) is 6.13. The van der Waals surface area contributed by atoms with Crippen LogP contribution in [0.2, 0.25) is 15.1 Å². The zero-order valence-corrected chi connectivity index (χ0v) is 18.2. The molecular weight excluding hydrogens is 465 g/mol. The molecule has 0 spiro atoms. The minimum atomic E-state index is -0.303. The number of H-pyrrole nitrogens is 1. The topological polar surface area (TPSA) is 63.1 Å². The molecule has 0 saturated heterocycles. The molecule has 0 saturated carbocycles. The first kappa shape index (κ1) is 20.7. The van der Waals surface area contributed by atoms with Gasteiger partial charge in [-0.3, -0.25) is 9.59 Å². The molecule has 0 radical (unpaired) electrons. The number of aromatic amines is 1. The van der Waals surface area contributed by atoms with Crippen LogP contribution in [0.15, 0.2) is 63.8 Å². The zero-order chi connectivity index (χ0) is 21.3. The van der Waals surface area contributed by atoms with E-state index in [9.17, 15) is 9.59 Å². The SMILES string of the molecule is O=C(/C=c1\[nH]c(=O)/c(=C\c2ccc(-c3ccc(Cl)c(Cl)c3)o2)s1)c1ccc(Cl)cc1. The van der Waals surface area contributed by atoms with Crippen LogP contribution in [0.4, 0.5) is 0 Å². The number of ketones is 1. The number of rotatable bonds is 4. The van der Waals surface area contributed by atoms with Crippen molar-refractivity contribution in [2.75, 3.05) is 0 Å². The number of thiazole rings is 1. The van der Waals surface area contributed by atoms with Gasteiger partial charge in [-0.05, 0) is 54.6 Å². The van der Waals surface area contributed by atoms with Crippen molar-refractivity contribution in [3.05, 3.63) is 101 Å². The maximum atomic E-state index is 12.4. The lowest BCUT2D eigenvalue weighted by Crippen LogP contribution is -2.19. The largest absolute Gasteiger partial charge is 0.457 e. The maximum Gasteiger partial charge on any atom is 0.266 e. The fourth-order valence-corrected chi connectivity index (χ4v) is 3.99. The van der Waals surface area contributed by atoms with Crippen LogP contribution >= 0.6 is 46.1 Å². The smallest absolute Gasteiger partial charge is 0.266 e. The Morgan fingerprint density at radius 3 is 2.47 bits per heavy atom. The highest BCUT2D eigenvalue weighted by atomic mass is 35.5. The molecule has 4 rings (SSSR count). The molecule has 2 aromatic heterocycles. The van der Waals surface area contributed by atoms with Gasteiger partial charge < -0.3 is 9.40 Å². The van der Waals surface area contributed by atoms with E-state index in [0.717, 1.165) is 5.56 Å². The van der Waals surface area contributed by atoms with Crippen LogP contribution in [-0.4, -0.2) is 10.8 Å². The molecule has 4 nitrogen and oxygen atoms in total. The molecule has 0 aliphatic heterocycles. The summed E-state index contributed by atoms with van der Waals surface area (Å²) in [5.74, 6) is 0.868. The third kappa shape index (κ3) is 4.60. The first-order valence-electron chi connectivity index (χ1n) is 8.67. The Morgan fingerprint density at radius 2 is 1.73 bits per heavy atom. The number of furan rings is 1. The predicted molar refractivity (Wildman–Crippen MR) is 122 cm³/mol. The van der Waals surface area contributed by atoms with Gasteiger partial charge in [-0.2, -0.15) is 0 Å². The van der Waals surface area contributed by atoms with Gasteiger partial charge in [0.25, 0.3) is 5.56 Å². The van der Waals surface area contributed by atoms with Crippen molar-refractivity contribution >= 4 is 64.1 Å². The molecule has 0 unspecified atom stereocenters. The Labute approximate surface area is 189 Å². The van der Waals surface area contributed by atoms with E-state index in [2.05, 4.69) is 4.98 Å². The Bertz CT molecular complexity index is 1420. The monoisotopic (exact) mass is 475 g/mol. The highest BCUT2D eigenvalue weighted by molar-refractivity contribution is 7.07. The Morgan fingerprint density at radius 1 is 0.967 bits per heavy atom. The predicted octanol–water partition coefficient (Wildman–Crippen LogP) is 5.15. The minimum absolute atomic E-state index is 0.226. The molecule has 8 heteroatoms. The lowest BCUT2D eigenvalue weighted by Gasteiger charge is -1.99. The number of carbonyl (C=O) groups is 1. The average Bonchev–Trinajstić information content (AvgIpc) is 3.31. The van der Waals surface area contributed by atoms with Gasteiger partial charge in [0.2, 0.25) is 0 Å². The second kappa shape index (κ2) is 8.66. The van der Waals surface area contributed by atoms with Crippen molar-refractivity contribution in [3.63, 3.8) is 0 Å². The fourth-order valence-electron chi connectivity index (χ4n) is 2.71. The van der Waals surface area contributed by atoms with E-state index in [4.69, 9.17) is 39.2 Å². The van der Waals surface area contributed by atoms with Gasteiger partial charge >= 0.3 is 0 Å². The molecule has 30 heavy (non-hydrogen) atoms. The van der Waals surface area contributed by atoms with Crippen LogP contribution in [0.3, 0.4) is 0 Å². The van der Waals surface area contributed by atoms with Crippen molar-refractivity contribution in [1.29, 1.82) is 0 Å². The number of benzene rings is 2. The second-order valence-electron chi connectivity index (χ2n) is 6.28. The van der Waals surface area contributed by atoms with Crippen molar-refractivity contribution in [3.8, 4) is 11.3 Å². The van der Waals surface area contributed by atoms with Crippen LogP contribution in [-0.2, 0) is 0 Å².